The lowest BCUT2D eigenvalue weighted by Gasteiger charge is -2.34. The number of pyridine rings is 1. The Morgan fingerprint density at radius 1 is 0.862 bits per heavy atom. The van der Waals surface area contributed by atoms with Gasteiger partial charge in [-0.1, -0.05) is 36.4 Å². The Kier molecular flexibility index (Phi) is 5.68. The fraction of sp³-hybridized carbons (Fsp3) is 0.250. The van der Waals surface area contributed by atoms with Gasteiger partial charge in [0.1, 0.15) is 23.8 Å². The molecule has 4 rings (SSSR count). The number of sulfonamides is 1. The number of piperazine rings is 1. The molecule has 1 N–H and O–H groups in total. The molecular weight excluding hydrogens is 388 g/mol. The van der Waals surface area contributed by atoms with Crippen molar-refractivity contribution in [3.63, 3.8) is 0 Å². The van der Waals surface area contributed by atoms with Gasteiger partial charge in [-0.2, -0.15) is 4.31 Å². The minimum Gasteiger partial charge on any atom is -0.354 e. The number of nitrogens with zero attached hydrogens (tertiary/aromatic N) is 5. The maximum absolute atomic E-state index is 12.7. The topological polar surface area (TPSA) is 91.3 Å². The molecule has 1 saturated heterocycles. The number of rotatable bonds is 6. The Bertz CT molecular complexity index is 1040. The molecule has 150 valence electrons. The van der Waals surface area contributed by atoms with Crippen LogP contribution in [-0.2, 0) is 15.8 Å². The molecule has 1 aromatic carbocycles. The summed E-state index contributed by atoms with van der Waals surface area (Å²) >= 11 is 0. The van der Waals surface area contributed by atoms with Gasteiger partial charge in [0.15, 0.2) is 0 Å². The average molecular weight is 411 g/mol. The molecule has 0 amide bonds. The first-order valence-corrected chi connectivity index (χ1v) is 11.0. The van der Waals surface area contributed by atoms with Crippen molar-refractivity contribution in [1.82, 2.24) is 19.3 Å². The van der Waals surface area contributed by atoms with Gasteiger partial charge < -0.3 is 10.2 Å². The summed E-state index contributed by atoms with van der Waals surface area (Å²) in [5, 5.41) is 3.15. The van der Waals surface area contributed by atoms with Gasteiger partial charge >= 0.3 is 0 Å². The first-order chi connectivity index (χ1) is 14.1. The molecule has 1 fully saturated rings. The molecule has 3 heterocycles. The van der Waals surface area contributed by atoms with Crippen LogP contribution in [0.3, 0.4) is 0 Å². The van der Waals surface area contributed by atoms with E-state index in [1.807, 2.05) is 54.6 Å². The van der Waals surface area contributed by atoms with E-state index in [-0.39, 0.29) is 5.75 Å². The van der Waals surface area contributed by atoms with E-state index in [0.29, 0.717) is 37.8 Å². The van der Waals surface area contributed by atoms with Crippen molar-refractivity contribution >= 4 is 27.5 Å². The van der Waals surface area contributed by atoms with Crippen molar-refractivity contribution in [3.8, 4) is 0 Å². The highest BCUT2D eigenvalue weighted by atomic mass is 32.2. The third-order valence-electron chi connectivity index (χ3n) is 4.72. The Labute approximate surface area is 170 Å². The summed E-state index contributed by atoms with van der Waals surface area (Å²) in [6.45, 7) is 2.02. The van der Waals surface area contributed by atoms with Gasteiger partial charge in [-0.25, -0.2) is 23.4 Å². The zero-order valence-corrected chi connectivity index (χ0v) is 16.7. The van der Waals surface area contributed by atoms with Crippen LogP contribution in [0.1, 0.15) is 5.56 Å². The van der Waals surface area contributed by atoms with Crippen molar-refractivity contribution < 1.29 is 8.42 Å². The van der Waals surface area contributed by atoms with Gasteiger partial charge in [0, 0.05) is 38.4 Å². The molecular formula is C20H22N6O2S. The maximum Gasteiger partial charge on any atom is 0.218 e. The largest absolute Gasteiger partial charge is 0.354 e. The zero-order valence-electron chi connectivity index (χ0n) is 15.8. The molecule has 9 heteroatoms. The summed E-state index contributed by atoms with van der Waals surface area (Å²) < 4.78 is 27.0. The van der Waals surface area contributed by atoms with Crippen molar-refractivity contribution in [3.05, 3.63) is 72.7 Å². The normalized spacial score (nSPS) is 15.2. The second-order valence-corrected chi connectivity index (χ2v) is 8.70. The van der Waals surface area contributed by atoms with Crippen LogP contribution in [0, 0.1) is 0 Å². The first kappa shape index (κ1) is 19.3. The number of anilines is 3. The van der Waals surface area contributed by atoms with Crippen molar-refractivity contribution in [2.24, 2.45) is 0 Å². The van der Waals surface area contributed by atoms with Crippen LogP contribution in [0.5, 0.6) is 0 Å². The predicted octanol–water partition coefficient (Wildman–Crippen LogP) is 2.27. The molecule has 0 aliphatic carbocycles. The zero-order chi connectivity index (χ0) is 20.1. The van der Waals surface area contributed by atoms with Gasteiger partial charge in [0.05, 0.1) is 5.75 Å². The van der Waals surface area contributed by atoms with Crippen molar-refractivity contribution in [2.45, 2.75) is 5.75 Å². The quantitative estimate of drug-likeness (QED) is 0.666. The van der Waals surface area contributed by atoms with Crippen LogP contribution < -0.4 is 10.2 Å². The highest BCUT2D eigenvalue weighted by molar-refractivity contribution is 7.88. The highest BCUT2D eigenvalue weighted by Crippen LogP contribution is 2.20. The van der Waals surface area contributed by atoms with E-state index in [2.05, 4.69) is 25.2 Å². The van der Waals surface area contributed by atoms with Crippen LogP contribution in [0.4, 0.5) is 17.5 Å². The SMILES string of the molecule is O=S(=O)(Cc1ccccc1)N1CCN(c2cc(Nc3ccccn3)ncn2)CC1. The minimum atomic E-state index is -3.34. The molecule has 8 nitrogen and oxygen atoms in total. The van der Waals surface area contributed by atoms with Crippen LogP contribution >= 0.6 is 0 Å². The Balaban J connectivity index is 1.39. The number of benzene rings is 1. The van der Waals surface area contributed by atoms with Gasteiger partial charge in [-0.05, 0) is 17.7 Å². The molecule has 2 aromatic heterocycles. The molecule has 0 radical (unpaired) electrons. The third-order valence-corrected chi connectivity index (χ3v) is 6.57. The number of nitrogens with one attached hydrogen (secondary N) is 1. The Morgan fingerprint density at radius 3 is 2.34 bits per heavy atom. The van der Waals surface area contributed by atoms with E-state index in [1.165, 1.54) is 6.33 Å². The standard InChI is InChI=1S/C20H22N6O2S/c27-29(28,15-17-6-2-1-3-7-17)26-12-10-25(11-13-26)20-14-19(22-16-23-20)24-18-8-4-5-9-21-18/h1-9,14,16H,10-13,15H2,(H,21,22,23,24). The summed E-state index contributed by atoms with van der Waals surface area (Å²) in [5.41, 5.74) is 0.802. The van der Waals surface area contributed by atoms with Gasteiger partial charge in [-0.3, -0.25) is 0 Å². The highest BCUT2D eigenvalue weighted by Gasteiger charge is 2.27. The first-order valence-electron chi connectivity index (χ1n) is 9.37. The summed E-state index contributed by atoms with van der Waals surface area (Å²) in [6, 6.07) is 16.7. The molecule has 0 unspecified atom stereocenters. The van der Waals surface area contributed by atoms with Crippen molar-refractivity contribution in [2.75, 3.05) is 36.4 Å². The molecule has 1 aliphatic heterocycles. The Hall–Kier alpha value is -3.04. The van der Waals surface area contributed by atoms with E-state index >= 15 is 0 Å². The smallest absolute Gasteiger partial charge is 0.218 e. The van der Waals surface area contributed by atoms with E-state index in [4.69, 9.17) is 0 Å². The second-order valence-electron chi connectivity index (χ2n) is 6.73. The van der Waals surface area contributed by atoms with Crippen LogP contribution in [0.2, 0.25) is 0 Å². The molecule has 0 bridgehead atoms. The van der Waals surface area contributed by atoms with E-state index in [9.17, 15) is 8.42 Å². The molecule has 29 heavy (non-hydrogen) atoms. The van der Waals surface area contributed by atoms with Crippen LogP contribution in [0.15, 0.2) is 67.1 Å². The number of aromatic nitrogens is 3. The average Bonchev–Trinajstić information content (AvgIpc) is 2.75. The van der Waals surface area contributed by atoms with E-state index < -0.39 is 10.0 Å². The van der Waals surface area contributed by atoms with Gasteiger partial charge in [0.25, 0.3) is 0 Å². The van der Waals surface area contributed by atoms with Crippen LogP contribution in [0.25, 0.3) is 0 Å². The predicted molar refractivity (Wildman–Crippen MR) is 112 cm³/mol. The van der Waals surface area contributed by atoms with Gasteiger partial charge in [0.2, 0.25) is 10.0 Å². The molecule has 1 aliphatic rings. The summed E-state index contributed by atoms with van der Waals surface area (Å²) in [4.78, 5) is 14.9. The van der Waals surface area contributed by atoms with E-state index in [0.717, 1.165) is 11.4 Å². The van der Waals surface area contributed by atoms with Crippen LogP contribution in [-0.4, -0.2) is 53.9 Å². The minimum absolute atomic E-state index is 0.0273. The number of hydrogen-bond donors (Lipinski definition) is 1. The summed E-state index contributed by atoms with van der Waals surface area (Å²) in [7, 11) is -3.34. The van der Waals surface area contributed by atoms with E-state index in [1.54, 1.807) is 10.5 Å². The molecule has 0 atom stereocenters. The summed E-state index contributed by atoms with van der Waals surface area (Å²) in [5.74, 6) is 2.14. The Morgan fingerprint density at radius 2 is 1.62 bits per heavy atom. The molecule has 0 spiro atoms. The lowest BCUT2D eigenvalue weighted by Crippen LogP contribution is -2.49. The molecule has 0 saturated carbocycles. The lowest BCUT2D eigenvalue weighted by molar-refractivity contribution is 0.383. The van der Waals surface area contributed by atoms with Crippen molar-refractivity contribution in [1.29, 1.82) is 0 Å². The van der Waals surface area contributed by atoms with Gasteiger partial charge in [-0.15, -0.1) is 0 Å². The number of hydrogen-bond acceptors (Lipinski definition) is 7. The second kappa shape index (κ2) is 8.54. The fourth-order valence-corrected chi connectivity index (χ4v) is 4.74. The third kappa shape index (κ3) is 4.87. The summed E-state index contributed by atoms with van der Waals surface area (Å²) in [6.07, 6.45) is 3.21. The fourth-order valence-electron chi connectivity index (χ4n) is 3.23. The maximum atomic E-state index is 12.7. The molecule has 3 aromatic rings. The lowest BCUT2D eigenvalue weighted by atomic mass is 10.2. The monoisotopic (exact) mass is 410 g/mol.